The van der Waals surface area contributed by atoms with E-state index in [-0.39, 0.29) is 11.3 Å². The van der Waals surface area contributed by atoms with E-state index in [1.54, 1.807) is 38.1 Å². The highest BCUT2D eigenvalue weighted by molar-refractivity contribution is 5.79. The molecule has 3 aromatic carbocycles. The zero-order valence-electron chi connectivity index (χ0n) is 15.8. The van der Waals surface area contributed by atoms with Crippen molar-refractivity contribution >= 4 is 0 Å². The van der Waals surface area contributed by atoms with Gasteiger partial charge in [0.05, 0.1) is 7.11 Å². The Kier molecular flexibility index (Phi) is 5.50. The van der Waals surface area contributed by atoms with Gasteiger partial charge in [0, 0.05) is 22.8 Å². The highest BCUT2D eigenvalue weighted by atomic mass is 19.4. The van der Waals surface area contributed by atoms with Gasteiger partial charge in [-0.25, -0.2) is 8.78 Å². The van der Waals surface area contributed by atoms with E-state index in [1.807, 2.05) is 0 Å². The van der Waals surface area contributed by atoms with Crippen LogP contribution >= 0.6 is 0 Å². The molecule has 0 saturated carbocycles. The van der Waals surface area contributed by atoms with Gasteiger partial charge in [-0.15, -0.1) is 13.2 Å². The average Bonchev–Trinajstić information content (AvgIpc) is 2.61. The predicted octanol–water partition coefficient (Wildman–Crippen LogP) is 6.82. The van der Waals surface area contributed by atoms with E-state index >= 15 is 0 Å². The van der Waals surface area contributed by atoms with Crippen molar-refractivity contribution in [3.05, 3.63) is 71.3 Å². The molecule has 0 bridgehead atoms. The third kappa shape index (κ3) is 4.50. The molecule has 0 aliphatic rings. The molecular weight excluding hydrogens is 391 g/mol. The van der Waals surface area contributed by atoms with E-state index in [4.69, 9.17) is 4.74 Å². The molecule has 0 fully saturated rings. The van der Waals surface area contributed by atoms with Crippen molar-refractivity contribution in [2.24, 2.45) is 0 Å². The summed E-state index contributed by atoms with van der Waals surface area (Å²) in [6.45, 7) is 3.51. The molecule has 2 nitrogen and oxygen atoms in total. The fourth-order valence-corrected chi connectivity index (χ4v) is 3.11. The van der Waals surface area contributed by atoms with Crippen molar-refractivity contribution < 1.29 is 31.4 Å². The van der Waals surface area contributed by atoms with Crippen LogP contribution in [0, 0.1) is 25.5 Å². The third-order valence-corrected chi connectivity index (χ3v) is 4.43. The van der Waals surface area contributed by atoms with Crippen LogP contribution in [0.5, 0.6) is 11.5 Å². The lowest BCUT2D eigenvalue weighted by Gasteiger charge is -2.16. The van der Waals surface area contributed by atoms with Gasteiger partial charge in [0.1, 0.15) is 23.1 Å². The molecule has 29 heavy (non-hydrogen) atoms. The zero-order chi connectivity index (χ0) is 21.3. The molecule has 0 N–H and O–H groups in total. The van der Waals surface area contributed by atoms with Crippen LogP contribution in [0.3, 0.4) is 0 Å². The van der Waals surface area contributed by atoms with Crippen LogP contribution < -0.4 is 9.47 Å². The molecule has 0 aliphatic carbocycles. The molecule has 3 aromatic rings. The van der Waals surface area contributed by atoms with E-state index in [0.29, 0.717) is 28.3 Å². The fraction of sp³-hybridized carbons (Fsp3) is 0.182. The standard InChI is InChI=1S/C22H17F5O2/c1-12-4-6-15(19(23)8-12)17-11-21(28-3)18(9-13(17)2)16-7-5-14(10-20(16)24)29-22(25,26)27/h4-11H,1-3H3. The van der Waals surface area contributed by atoms with Gasteiger partial charge in [-0.3, -0.25) is 0 Å². The summed E-state index contributed by atoms with van der Waals surface area (Å²) in [5.74, 6) is -1.71. The van der Waals surface area contributed by atoms with Crippen LogP contribution in [0.1, 0.15) is 11.1 Å². The van der Waals surface area contributed by atoms with Gasteiger partial charge < -0.3 is 9.47 Å². The molecule has 0 radical (unpaired) electrons. The summed E-state index contributed by atoms with van der Waals surface area (Å²) in [6.07, 6.45) is -4.91. The first-order valence-electron chi connectivity index (χ1n) is 8.60. The average molecular weight is 408 g/mol. The topological polar surface area (TPSA) is 18.5 Å². The van der Waals surface area contributed by atoms with Gasteiger partial charge in [-0.2, -0.15) is 0 Å². The Bertz CT molecular complexity index is 1060. The van der Waals surface area contributed by atoms with Gasteiger partial charge >= 0.3 is 6.36 Å². The number of hydrogen-bond acceptors (Lipinski definition) is 2. The number of rotatable bonds is 4. The molecular formula is C22H17F5O2. The maximum atomic E-state index is 14.5. The van der Waals surface area contributed by atoms with Crippen LogP contribution in [0.15, 0.2) is 48.5 Å². The molecule has 3 rings (SSSR count). The summed E-state index contributed by atoms with van der Waals surface area (Å²) in [7, 11) is 1.38. The fourth-order valence-electron chi connectivity index (χ4n) is 3.11. The molecule has 0 atom stereocenters. The van der Waals surface area contributed by atoms with Crippen LogP contribution in [-0.2, 0) is 0 Å². The minimum absolute atomic E-state index is 0.0374. The quantitative estimate of drug-likeness (QED) is 0.441. The summed E-state index contributed by atoms with van der Waals surface area (Å²) >= 11 is 0. The molecule has 0 heterocycles. The van der Waals surface area contributed by atoms with Gasteiger partial charge in [0.2, 0.25) is 0 Å². The number of methoxy groups -OCH3 is 1. The van der Waals surface area contributed by atoms with Crippen LogP contribution in [-0.4, -0.2) is 13.5 Å². The summed E-state index contributed by atoms with van der Waals surface area (Å²) in [6, 6.07) is 10.9. The van der Waals surface area contributed by atoms with E-state index in [1.165, 1.54) is 19.2 Å². The smallest absolute Gasteiger partial charge is 0.496 e. The Hall–Kier alpha value is -3.09. The predicted molar refractivity (Wildman–Crippen MR) is 99.9 cm³/mol. The van der Waals surface area contributed by atoms with Crippen molar-refractivity contribution in [2.75, 3.05) is 7.11 Å². The van der Waals surface area contributed by atoms with E-state index < -0.39 is 23.7 Å². The summed E-state index contributed by atoms with van der Waals surface area (Å²) in [4.78, 5) is 0. The van der Waals surface area contributed by atoms with Crippen molar-refractivity contribution in [1.29, 1.82) is 0 Å². The second-order valence-corrected chi connectivity index (χ2v) is 6.54. The summed E-state index contributed by atoms with van der Waals surface area (Å²) < 4.78 is 75.0. The number of alkyl halides is 3. The molecule has 0 aliphatic heterocycles. The third-order valence-electron chi connectivity index (χ3n) is 4.43. The Balaban J connectivity index is 2.08. The minimum atomic E-state index is -4.91. The summed E-state index contributed by atoms with van der Waals surface area (Å²) in [5, 5.41) is 0. The highest BCUT2D eigenvalue weighted by Gasteiger charge is 2.31. The molecule has 152 valence electrons. The molecule has 7 heteroatoms. The molecule has 0 aromatic heterocycles. The van der Waals surface area contributed by atoms with Crippen molar-refractivity contribution in [3.8, 4) is 33.8 Å². The zero-order valence-corrected chi connectivity index (χ0v) is 15.8. The molecule has 0 amide bonds. The normalized spacial score (nSPS) is 11.4. The Labute approximate surface area is 164 Å². The first-order chi connectivity index (χ1) is 13.6. The lowest BCUT2D eigenvalue weighted by Crippen LogP contribution is -2.17. The number of benzene rings is 3. The second-order valence-electron chi connectivity index (χ2n) is 6.54. The Morgan fingerprint density at radius 1 is 0.724 bits per heavy atom. The first-order valence-corrected chi connectivity index (χ1v) is 8.60. The van der Waals surface area contributed by atoms with Crippen molar-refractivity contribution in [2.45, 2.75) is 20.2 Å². The highest BCUT2D eigenvalue weighted by Crippen LogP contribution is 2.39. The molecule has 0 spiro atoms. The number of aryl methyl sites for hydroxylation is 2. The molecule has 0 unspecified atom stereocenters. The van der Waals surface area contributed by atoms with Crippen LogP contribution in [0.4, 0.5) is 22.0 Å². The van der Waals surface area contributed by atoms with Crippen molar-refractivity contribution in [3.63, 3.8) is 0 Å². The number of ether oxygens (including phenoxy) is 2. The van der Waals surface area contributed by atoms with E-state index in [0.717, 1.165) is 11.6 Å². The number of halogens is 5. The lowest BCUT2D eigenvalue weighted by molar-refractivity contribution is -0.274. The monoisotopic (exact) mass is 408 g/mol. The van der Waals surface area contributed by atoms with Gasteiger partial charge in [-0.1, -0.05) is 12.1 Å². The largest absolute Gasteiger partial charge is 0.573 e. The minimum Gasteiger partial charge on any atom is -0.496 e. The lowest BCUT2D eigenvalue weighted by atomic mass is 9.93. The SMILES string of the molecule is COc1cc(-c2ccc(C)cc2F)c(C)cc1-c1ccc(OC(F)(F)F)cc1F. The second kappa shape index (κ2) is 7.73. The van der Waals surface area contributed by atoms with Gasteiger partial charge in [0.25, 0.3) is 0 Å². The first kappa shape index (κ1) is 20.6. The maximum Gasteiger partial charge on any atom is 0.573 e. The Morgan fingerprint density at radius 3 is 1.93 bits per heavy atom. The van der Waals surface area contributed by atoms with Crippen LogP contribution in [0.25, 0.3) is 22.3 Å². The van der Waals surface area contributed by atoms with Gasteiger partial charge in [-0.05, 0) is 60.9 Å². The van der Waals surface area contributed by atoms with E-state index in [9.17, 15) is 22.0 Å². The van der Waals surface area contributed by atoms with Gasteiger partial charge in [0.15, 0.2) is 0 Å². The maximum absolute atomic E-state index is 14.5. The summed E-state index contributed by atoms with van der Waals surface area (Å²) in [5.41, 5.74) is 2.73. The van der Waals surface area contributed by atoms with Crippen molar-refractivity contribution in [1.82, 2.24) is 0 Å². The Morgan fingerprint density at radius 2 is 1.34 bits per heavy atom. The number of hydrogen-bond donors (Lipinski definition) is 0. The van der Waals surface area contributed by atoms with E-state index in [2.05, 4.69) is 4.74 Å². The molecule has 0 saturated heterocycles. The van der Waals surface area contributed by atoms with Crippen LogP contribution in [0.2, 0.25) is 0 Å².